The predicted molar refractivity (Wildman–Crippen MR) is 125 cm³/mol. The van der Waals surface area contributed by atoms with Gasteiger partial charge < -0.3 is 9.88 Å². The summed E-state index contributed by atoms with van der Waals surface area (Å²) in [7, 11) is 0. The number of hydrogen-bond donors (Lipinski definition) is 1. The Hall–Kier alpha value is -3.42. The molecule has 1 saturated carbocycles. The normalized spacial score (nSPS) is 13.6. The smallest absolute Gasteiger partial charge is 0.229 e. The van der Waals surface area contributed by atoms with Crippen molar-refractivity contribution in [1.29, 1.82) is 0 Å². The van der Waals surface area contributed by atoms with Crippen molar-refractivity contribution < 1.29 is 8.78 Å². The molecule has 0 radical (unpaired) electrons. The van der Waals surface area contributed by atoms with E-state index in [0.29, 0.717) is 28.5 Å². The van der Waals surface area contributed by atoms with Gasteiger partial charge in [0.2, 0.25) is 5.95 Å². The first-order valence-corrected chi connectivity index (χ1v) is 11.4. The fourth-order valence-corrected chi connectivity index (χ4v) is 4.32. The van der Waals surface area contributed by atoms with Crippen LogP contribution in [-0.2, 0) is 12.8 Å². The third-order valence-corrected chi connectivity index (χ3v) is 6.03. The van der Waals surface area contributed by atoms with Crippen LogP contribution in [0.3, 0.4) is 0 Å². The topological polar surface area (TPSA) is 68.5 Å². The molecule has 1 aliphatic carbocycles. The lowest BCUT2D eigenvalue weighted by Crippen LogP contribution is -2.05. The van der Waals surface area contributed by atoms with Crippen molar-refractivity contribution in [3.05, 3.63) is 59.2 Å². The lowest BCUT2D eigenvalue weighted by molar-refractivity contribution is 0.617. The lowest BCUT2D eigenvalue weighted by atomic mass is 10.1. The van der Waals surface area contributed by atoms with Crippen LogP contribution in [0.15, 0.2) is 30.5 Å². The number of fused-ring (bicyclic) bond motifs is 1. The first-order chi connectivity index (χ1) is 16.0. The molecule has 0 spiro atoms. The summed E-state index contributed by atoms with van der Waals surface area (Å²) in [6, 6.07) is 7.28. The molecular weight excluding hydrogens is 422 g/mol. The van der Waals surface area contributed by atoms with Crippen molar-refractivity contribution >= 4 is 22.8 Å². The fourth-order valence-electron chi connectivity index (χ4n) is 4.32. The largest absolute Gasteiger partial charge is 0.325 e. The summed E-state index contributed by atoms with van der Waals surface area (Å²) >= 11 is 0. The Morgan fingerprint density at radius 2 is 1.88 bits per heavy atom. The van der Waals surface area contributed by atoms with Crippen LogP contribution in [0, 0.1) is 18.6 Å². The molecule has 170 valence electrons. The van der Waals surface area contributed by atoms with Gasteiger partial charge in [0.25, 0.3) is 0 Å². The summed E-state index contributed by atoms with van der Waals surface area (Å²) in [5.74, 6) is 0.460. The second-order valence-corrected chi connectivity index (χ2v) is 8.51. The molecule has 8 heteroatoms. The number of rotatable bonds is 7. The third-order valence-electron chi connectivity index (χ3n) is 6.03. The van der Waals surface area contributed by atoms with Gasteiger partial charge in [0.15, 0.2) is 11.6 Å². The molecule has 3 aromatic heterocycles. The Bertz CT molecular complexity index is 1340. The van der Waals surface area contributed by atoms with E-state index in [1.54, 1.807) is 6.07 Å². The van der Waals surface area contributed by atoms with E-state index in [9.17, 15) is 8.78 Å². The van der Waals surface area contributed by atoms with Gasteiger partial charge in [0.1, 0.15) is 22.9 Å². The highest BCUT2D eigenvalue weighted by Crippen LogP contribution is 2.40. The number of anilines is 2. The Morgan fingerprint density at radius 3 is 2.61 bits per heavy atom. The molecule has 0 atom stereocenters. The van der Waals surface area contributed by atoms with E-state index in [2.05, 4.69) is 34.1 Å². The van der Waals surface area contributed by atoms with Crippen molar-refractivity contribution in [1.82, 2.24) is 24.5 Å². The van der Waals surface area contributed by atoms with Gasteiger partial charge in [0.05, 0.1) is 11.7 Å². The molecule has 0 unspecified atom stereocenters. The first kappa shape index (κ1) is 21.4. The molecule has 1 aromatic carbocycles. The Morgan fingerprint density at radius 1 is 1.06 bits per heavy atom. The number of aryl methyl sites for hydroxylation is 3. The van der Waals surface area contributed by atoms with Gasteiger partial charge >= 0.3 is 0 Å². The van der Waals surface area contributed by atoms with Crippen LogP contribution in [0.2, 0.25) is 0 Å². The summed E-state index contributed by atoms with van der Waals surface area (Å²) in [4.78, 5) is 17.5. The van der Waals surface area contributed by atoms with Gasteiger partial charge in [-0.15, -0.1) is 0 Å². The van der Waals surface area contributed by atoms with Crippen LogP contribution in [0.4, 0.5) is 20.5 Å². The summed E-state index contributed by atoms with van der Waals surface area (Å²) in [6.45, 7) is 6.09. The molecule has 6 nitrogen and oxygen atoms in total. The quantitative estimate of drug-likeness (QED) is 0.372. The van der Waals surface area contributed by atoms with Gasteiger partial charge in [-0.05, 0) is 56.4 Å². The van der Waals surface area contributed by atoms with E-state index in [1.165, 1.54) is 11.6 Å². The van der Waals surface area contributed by atoms with Gasteiger partial charge in [0, 0.05) is 17.3 Å². The molecule has 0 bridgehead atoms. The highest BCUT2D eigenvalue weighted by molar-refractivity contribution is 5.83. The third kappa shape index (κ3) is 4.05. The van der Waals surface area contributed by atoms with Gasteiger partial charge in [-0.1, -0.05) is 26.3 Å². The zero-order chi connectivity index (χ0) is 23.1. The van der Waals surface area contributed by atoms with E-state index in [4.69, 9.17) is 4.98 Å². The molecule has 3 heterocycles. The Balaban J connectivity index is 1.53. The van der Waals surface area contributed by atoms with Crippen molar-refractivity contribution in [2.24, 2.45) is 0 Å². The van der Waals surface area contributed by atoms with Crippen LogP contribution < -0.4 is 5.32 Å². The average Bonchev–Trinajstić information content (AvgIpc) is 3.57. The maximum Gasteiger partial charge on any atom is 0.229 e. The second kappa shape index (κ2) is 8.50. The number of hydrogen-bond acceptors (Lipinski definition) is 5. The van der Waals surface area contributed by atoms with Crippen molar-refractivity contribution in [3.63, 3.8) is 0 Å². The zero-order valence-electron chi connectivity index (χ0n) is 19.0. The minimum atomic E-state index is -0.616. The van der Waals surface area contributed by atoms with Crippen molar-refractivity contribution in [3.8, 4) is 11.3 Å². The summed E-state index contributed by atoms with van der Waals surface area (Å²) < 4.78 is 31.7. The molecule has 0 aliphatic heterocycles. The van der Waals surface area contributed by atoms with Crippen LogP contribution in [0.1, 0.15) is 56.2 Å². The summed E-state index contributed by atoms with van der Waals surface area (Å²) in [5.41, 5.74) is 3.59. The molecule has 5 rings (SSSR count). The molecule has 1 fully saturated rings. The minimum Gasteiger partial charge on any atom is -0.325 e. The predicted octanol–water partition coefficient (Wildman–Crippen LogP) is 6.07. The van der Waals surface area contributed by atoms with Gasteiger partial charge in [-0.2, -0.15) is 0 Å². The van der Waals surface area contributed by atoms with Crippen LogP contribution in [-0.4, -0.2) is 24.5 Å². The Labute approximate surface area is 191 Å². The number of halogens is 2. The molecule has 1 N–H and O–H groups in total. The van der Waals surface area contributed by atoms with E-state index in [1.807, 2.05) is 23.6 Å². The molecule has 33 heavy (non-hydrogen) atoms. The first-order valence-electron chi connectivity index (χ1n) is 11.4. The highest BCUT2D eigenvalue weighted by Gasteiger charge is 2.28. The maximum absolute atomic E-state index is 14.9. The van der Waals surface area contributed by atoms with Crippen LogP contribution in [0.25, 0.3) is 22.3 Å². The van der Waals surface area contributed by atoms with Crippen LogP contribution >= 0.6 is 0 Å². The highest BCUT2D eigenvalue weighted by atomic mass is 19.1. The number of benzene rings is 1. The molecular formula is C25H26F2N6. The average molecular weight is 449 g/mol. The second-order valence-electron chi connectivity index (χ2n) is 8.51. The van der Waals surface area contributed by atoms with Crippen LogP contribution in [0.5, 0.6) is 0 Å². The van der Waals surface area contributed by atoms with E-state index >= 15 is 0 Å². The van der Waals surface area contributed by atoms with E-state index in [-0.39, 0.29) is 11.6 Å². The lowest BCUT2D eigenvalue weighted by Gasteiger charge is -2.11. The minimum absolute atomic E-state index is 0.0356. The van der Waals surface area contributed by atoms with Crippen molar-refractivity contribution in [2.75, 3.05) is 5.32 Å². The number of imidazole rings is 1. The Kier molecular flexibility index (Phi) is 5.52. The monoisotopic (exact) mass is 448 g/mol. The molecule has 4 aromatic rings. The summed E-state index contributed by atoms with van der Waals surface area (Å²) in [5, 5.41) is 3.08. The van der Waals surface area contributed by atoms with Gasteiger partial charge in [-0.3, -0.25) is 0 Å². The fraction of sp³-hybridized carbons (Fsp3) is 0.360. The zero-order valence-corrected chi connectivity index (χ0v) is 19.0. The number of nitrogens with zero attached hydrogens (tertiary/aromatic N) is 5. The van der Waals surface area contributed by atoms with Crippen molar-refractivity contribution in [2.45, 2.75) is 58.9 Å². The number of nitrogens with one attached hydrogen (secondary N) is 1. The van der Waals surface area contributed by atoms with E-state index < -0.39 is 11.6 Å². The SMILES string of the molecule is CCCc1nc(Nc2ncc(F)c(-c3cc(F)c4nc(C)n(C5CC5)c4c3)n2)ccc1CC. The number of pyridine rings is 1. The van der Waals surface area contributed by atoms with E-state index in [0.717, 1.165) is 49.8 Å². The van der Waals surface area contributed by atoms with Gasteiger partial charge in [-0.25, -0.2) is 28.7 Å². The maximum atomic E-state index is 14.9. The standard InChI is InChI=1S/C25H26F2N6/c1-4-6-20-15(5-2)7-10-22(30-20)31-25-28-13-19(27)23(32-25)16-11-18(26)24-21(12-16)33(14(3)29-24)17-8-9-17/h7,10-13,17H,4-6,8-9H2,1-3H3,(H,28,30,31,32). The number of aromatic nitrogens is 5. The molecule has 0 saturated heterocycles. The summed E-state index contributed by atoms with van der Waals surface area (Å²) in [6.07, 6.45) is 5.96. The molecule has 1 aliphatic rings. The molecule has 0 amide bonds.